The van der Waals surface area contributed by atoms with Gasteiger partial charge in [0.05, 0.1) is 5.54 Å². The molecule has 0 aromatic heterocycles. The maximum Gasteiger partial charge on any atom is 0.341 e. The van der Waals surface area contributed by atoms with Gasteiger partial charge in [-0.25, -0.2) is 14.2 Å². The molecular weight excluding hydrogens is 321 g/mol. The molecular formula is C19H22FN3O2. The molecule has 132 valence electrons. The van der Waals surface area contributed by atoms with Gasteiger partial charge in [-0.2, -0.15) is 0 Å². The zero-order valence-corrected chi connectivity index (χ0v) is 14.8. The van der Waals surface area contributed by atoms with Crippen LogP contribution in [0.2, 0.25) is 0 Å². The number of nitrogens with zero attached hydrogens (tertiary/aromatic N) is 1. The summed E-state index contributed by atoms with van der Waals surface area (Å²) in [4.78, 5) is 25.0. The highest BCUT2D eigenvalue weighted by Gasteiger charge is 2.29. The number of halogens is 1. The molecule has 0 radical (unpaired) electrons. The smallest absolute Gasteiger partial charge is 0.306 e. The van der Waals surface area contributed by atoms with Gasteiger partial charge in [-0.3, -0.25) is 10.2 Å². The standard InChI is InChI=1S/C19H22FN3O2/c1-13-6-5-7-16(12-13)21-18(25)23(19(2,3)4)22-17(24)14-8-10-15(20)11-9-14/h5-12H,1-4H3,(H,21,25)(H,22,24). The maximum absolute atomic E-state index is 13.0. The van der Waals surface area contributed by atoms with Crippen molar-refractivity contribution >= 4 is 17.6 Å². The fourth-order valence-corrected chi connectivity index (χ4v) is 2.19. The molecule has 2 aromatic carbocycles. The normalized spacial score (nSPS) is 10.9. The van der Waals surface area contributed by atoms with Crippen LogP contribution in [-0.2, 0) is 0 Å². The van der Waals surface area contributed by atoms with Gasteiger partial charge in [0.2, 0.25) is 0 Å². The number of rotatable bonds is 2. The Morgan fingerprint density at radius 3 is 2.24 bits per heavy atom. The third kappa shape index (κ3) is 5.04. The summed E-state index contributed by atoms with van der Waals surface area (Å²) in [6, 6.07) is 12.0. The van der Waals surface area contributed by atoms with Crippen molar-refractivity contribution in [2.45, 2.75) is 33.2 Å². The van der Waals surface area contributed by atoms with Crippen LogP contribution >= 0.6 is 0 Å². The molecule has 2 rings (SSSR count). The third-order valence-electron chi connectivity index (χ3n) is 3.46. The fraction of sp³-hybridized carbons (Fsp3) is 0.263. The van der Waals surface area contributed by atoms with Gasteiger partial charge in [0.1, 0.15) is 5.82 Å². The second-order valence-electron chi connectivity index (χ2n) is 6.75. The first-order valence-corrected chi connectivity index (χ1v) is 7.91. The van der Waals surface area contributed by atoms with Crippen LogP contribution in [0.25, 0.3) is 0 Å². The summed E-state index contributed by atoms with van der Waals surface area (Å²) in [6.45, 7) is 7.32. The van der Waals surface area contributed by atoms with Gasteiger partial charge >= 0.3 is 6.03 Å². The molecule has 0 bridgehead atoms. The summed E-state index contributed by atoms with van der Waals surface area (Å²) in [5.41, 5.74) is 3.83. The van der Waals surface area contributed by atoms with E-state index in [9.17, 15) is 14.0 Å². The first-order valence-electron chi connectivity index (χ1n) is 7.91. The Balaban J connectivity index is 2.17. The van der Waals surface area contributed by atoms with Crippen LogP contribution < -0.4 is 10.7 Å². The van der Waals surface area contributed by atoms with Crippen molar-refractivity contribution in [3.05, 3.63) is 65.5 Å². The first-order chi connectivity index (χ1) is 11.7. The highest BCUT2D eigenvalue weighted by atomic mass is 19.1. The molecule has 2 aromatic rings. The average Bonchev–Trinajstić information content (AvgIpc) is 2.51. The van der Waals surface area contributed by atoms with Gasteiger partial charge in [0.15, 0.2) is 0 Å². The monoisotopic (exact) mass is 343 g/mol. The first kappa shape index (κ1) is 18.4. The molecule has 5 nitrogen and oxygen atoms in total. The van der Waals surface area contributed by atoms with Crippen molar-refractivity contribution in [2.75, 3.05) is 5.32 Å². The number of anilines is 1. The van der Waals surface area contributed by atoms with Gasteiger partial charge in [0.25, 0.3) is 5.91 Å². The highest BCUT2D eigenvalue weighted by Crippen LogP contribution is 2.16. The van der Waals surface area contributed by atoms with Gasteiger partial charge in [0, 0.05) is 11.3 Å². The van der Waals surface area contributed by atoms with Gasteiger partial charge in [-0.1, -0.05) is 12.1 Å². The highest BCUT2D eigenvalue weighted by molar-refractivity contribution is 5.97. The number of urea groups is 1. The van der Waals surface area contributed by atoms with E-state index in [0.29, 0.717) is 5.69 Å². The molecule has 6 heteroatoms. The van der Waals surface area contributed by atoms with Crippen molar-refractivity contribution in [1.82, 2.24) is 10.4 Å². The summed E-state index contributed by atoms with van der Waals surface area (Å²) in [6.07, 6.45) is 0. The van der Waals surface area contributed by atoms with Gasteiger partial charge in [-0.15, -0.1) is 0 Å². The van der Waals surface area contributed by atoms with Gasteiger partial charge in [-0.05, 0) is 69.7 Å². The van der Waals surface area contributed by atoms with E-state index in [2.05, 4.69) is 10.7 Å². The van der Waals surface area contributed by atoms with Crippen LogP contribution in [0.1, 0.15) is 36.7 Å². The Kier molecular flexibility index (Phi) is 5.41. The zero-order valence-electron chi connectivity index (χ0n) is 14.8. The van der Waals surface area contributed by atoms with Crippen LogP contribution in [0.3, 0.4) is 0 Å². The number of carbonyl (C=O) groups excluding carboxylic acids is 2. The topological polar surface area (TPSA) is 61.4 Å². The van der Waals surface area contributed by atoms with E-state index in [0.717, 1.165) is 5.56 Å². The molecule has 0 atom stereocenters. The Hall–Kier alpha value is -2.89. The van der Waals surface area contributed by atoms with E-state index < -0.39 is 23.3 Å². The Morgan fingerprint density at radius 1 is 1.04 bits per heavy atom. The fourth-order valence-electron chi connectivity index (χ4n) is 2.19. The number of benzene rings is 2. The van der Waals surface area contributed by atoms with E-state index in [1.165, 1.54) is 29.3 Å². The molecule has 0 heterocycles. The van der Waals surface area contributed by atoms with E-state index in [-0.39, 0.29) is 5.56 Å². The summed E-state index contributed by atoms with van der Waals surface area (Å²) in [7, 11) is 0. The molecule has 0 unspecified atom stereocenters. The lowest BCUT2D eigenvalue weighted by Gasteiger charge is -2.35. The number of nitrogens with one attached hydrogen (secondary N) is 2. The van der Waals surface area contributed by atoms with Crippen LogP contribution in [-0.4, -0.2) is 22.5 Å². The number of amides is 3. The maximum atomic E-state index is 13.0. The molecule has 0 aliphatic rings. The van der Waals surface area contributed by atoms with E-state index in [1.807, 2.05) is 25.1 Å². The third-order valence-corrected chi connectivity index (χ3v) is 3.46. The molecule has 0 saturated heterocycles. The minimum Gasteiger partial charge on any atom is -0.306 e. The van der Waals surface area contributed by atoms with E-state index in [4.69, 9.17) is 0 Å². The van der Waals surface area contributed by atoms with Crippen LogP contribution in [0.15, 0.2) is 48.5 Å². The molecule has 0 saturated carbocycles. The minimum absolute atomic E-state index is 0.263. The molecule has 0 fully saturated rings. The predicted octanol–water partition coefficient (Wildman–Crippen LogP) is 4.11. The van der Waals surface area contributed by atoms with Crippen molar-refractivity contribution in [3.63, 3.8) is 0 Å². The van der Waals surface area contributed by atoms with E-state index in [1.54, 1.807) is 26.8 Å². The SMILES string of the molecule is Cc1cccc(NC(=O)N(NC(=O)c2ccc(F)cc2)C(C)(C)C)c1. The van der Waals surface area contributed by atoms with Crippen LogP contribution in [0, 0.1) is 12.7 Å². The lowest BCUT2D eigenvalue weighted by molar-refractivity contribution is 0.0687. The Labute approximate surface area is 146 Å². The summed E-state index contributed by atoms with van der Waals surface area (Å²) in [5, 5.41) is 3.99. The largest absolute Gasteiger partial charge is 0.341 e. The lowest BCUT2D eigenvalue weighted by atomic mass is 10.1. The number of hydrogen-bond acceptors (Lipinski definition) is 2. The minimum atomic E-state index is -0.663. The summed E-state index contributed by atoms with van der Waals surface area (Å²) < 4.78 is 13.0. The molecule has 0 aliphatic carbocycles. The van der Waals surface area contributed by atoms with Gasteiger partial charge < -0.3 is 5.32 Å². The van der Waals surface area contributed by atoms with Crippen LogP contribution in [0.4, 0.5) is 14.9 Å². The van der Waals surface area contributed by atoms with Crippen molar-refractivity contribution in [2.24, 2.45) is 0 Å². The summed E-state index contributed by atoms with van der Waals surface area (Å²) in [5.74, 6) is -0.921. The molecule has 3 amide bonds. The Bertz CT molecular complexity index is 767. The Morgan fingerprint density at radius 2 is 1.68 bits per heavy atom. The molecule has 2 N–H and O–H groups in total. The zero-order chi connectivity index (χ0) is 18.6. The van der Waals surface area contributed by atoms with Crippen molar-refractivity contribution in [3.8, 4) is 0 Å². The number of aryl methyl sites for hydroxylation is 1. The second-order valence-corrected chi connectivity index (χ2v) is 6.75. The van der Waals surface area contributed by atoms with E-state index >= 15 is 0 Å². The van der Waals surface area contributed by atoms with Crippen molar-refractivity contribution in [1.29, 1.82) is 0 Å². The lowest BCUT2D eigenvalue weighted by Crippen LogP contribution is -2.57. The second kappa shape index (κ2) is 7.34. The molecule has 0 spiro atoms. The average molecular weight is 343 g/mol. The number of hydrogen-bond donors (Lipinski definition) is 2. The quantitative estimate of drug-likeness (QED) is 0.806. The predicted molar refractivity (Wildman–Crippen MR) is 95.7 cm³/mol. The number of carbonyl (C=O) groups is 2. The van der Waals surface area contributed by atoms with Crippen molar-refractivity contribution < 1.29 is 14.0 Å². The number of hydrazine groups is 1. The summed E-state index contributed by atoms with van der Waals surface area (Å²) >= 11 is 0. The molecule has 0 aliphatic heterocycles. The van der Waals surface area contributed by atoms with Crippen LogP contribution in [0.5, 0.6) is 0 Å². The molecule has 25 heavy (non-hydrogen) atoms.